The fraction of sp³-hybridized carbons (Fsp3) is 0.933. The first-order valence-corrected chi connectivity index (χ1v) is 7.76. The Labute approximate surface area is 116 Å². The zero-order valence-corrected chi connectivity index (χ0v) is 12.1. The highest BCUT2D eigenvalue weighted by Gasteiger charge is 2.30. The van der Waals surface area contributed by atoms with Crippen molar-refractivity contribution in [3.05, 3.63) is 0 Å². The van der Waals surface area contributed by atoms with Crippen LogP contribution in [-0.2, 0) is 4.79 Å². The molecule has 0 aromatic rings. The van der Waals surface area contributed by atoms with Gasteiger partial charge in [-0.25, -0.2) is 0 Å². The molecule has 0 radical (unpaired) electrons. The molecule has 4 heteroatoms. The topological polar surface area (TPSA) is 66.6 Å². The van der Waals surface area contributed by atoms with Gasteiger partial charge in [0.25, 0.3) is 0 Å². The molecule has 1 aliphatic heterocycles. The fourth-order valence-corrected chi connectivity index (χ4v) is 3.45. The number of hydrogen-bond donors (Lipinski definition) is 2. The second kappa shape index (κ2) is 6.71. The van der Waals surface area contributed by atoms with E-state index in [9.17, 15) is 9.90 Å². The van der Waals surface area contributed by atoms with E-state index in [0.717, 1.165) is 38.9 Å². The number of rotatable bonds is 4. The smallest absolute Gasteiger partial charge is 0.222 e. The van der Waals surface area contributed by atoms with Crippen LogP contribution in [0.4, 0.5) is 0 Å². The lowest BCUT2D eigenvalue weighted by Crippen LogP contribution is -2.32. The third-order valence-corrected chi connectivity index (χ3v) is 5.02. The van der Waals surface area contributed by atoms with Crippen LogP contribution in [0.3, 0.4) is 0 Å². The lowest BCUT2D eigenvalue weighted by molar-refractivity contribution is -0.131. The second-order valence-electron chi connectivity index (χ2n) is 6.46. The molecule has 0 aromatic carbocycles. The minimum absolute atomic E-state index is 0.275. The van der Waals surface area contributed by atoms with Crippen molar-refractivity contribution in [2.75, 3.05) is 19.6 Å². The molecule has 2 unspecified atom stereocenters. The number of hydrogen-bond acceptors (Lipinski definition) is 3. The van der Waals surface area contributed by atoms with Crippen LogP contribution in [0.5, 0.6) is 0 Å². The molecule has 0 bridgehead atoms. The first-order valence-electron chi connectivity index (χ1n) is 7.76. The number of aliphatic hydroxyl groups is 1. The number of nitrogens with two attached hydrogens (primary N) is 1. The molecule has 4 nitrogen and oxygen atoms in total. The lowest BCUT2D eigenvalue weighted by atomic mass is 9.80. The summed E-state index contributed by atoms with van der Waals surface area (Å²) in [5.41, 5.74) is 5.69. The predicted molar refractivity (Wildman–Crippen MR) is 75.5 cm³/mol. The summed E-state index contributed by atoms with van der Waals surface area (Å²) in [5.74, 6) is 1.80. The van der Waals surface area contributed by atoms with E-state index < -0.39 is 0 Å². The van der Waals surface area contributed by atoms with Crippen molar-refractivity contribution < 1.29 is 9.90 Å². The van der Waals surface area contributed by atoms with Gasteiger partial charge in [0, 0.05) is 25.4 Å². The Morgan fingerprint density at radius 2 is 1.89 bits per heavy atom. The van der Waals surface area contributed by atoms with Gasteiger partial charge in [-0.05, 0) is 57.4 Å². The highest BCUT2D eigenvalue weighted by Crippen LogP contribution is 2.31. The van der Waals surface area contributed by atoms with Gasteiger partial charge in [-0.15, -0.1) is 0 Å². The maximum absolute atomic E-state index is 12.3. The van der Waals surface area contributed by atoms with Gasteiger partial charge >= 0.3 is 0 Å². The Morgan fingerprint density at radius 3 is 2.42 bits per heavy atom. The molecule has 1 aliphatic carbocycles. The number of carbonyl (C=O) groups excluding carboxylic acids is 1. The van der Waals surface area contributed by atoms with Crippen molar-refractivity contribution in [2.45, 2.75) is 51.6 Å². The standard InChI is InChI=1S/C15H28N2O2/c1-11(18)14-6-7-17(10-14)15(19)8-12-2-4-13(9-16)5-3-12/h11-14,18H,2-10,16H2,1H3. The summed E-state index contributed by atoms with van der Waals surface area (Å²) in [6.07, 6.45) is 6.03. The van der Waals surface area contributed by atoms with E-state index in [0.29, 0.717) is 24.2 Å². The number of nitrogens with zero attached hydrogens (tertiary/aromatic N) is 1. The van der Waals surface area contributed by atoms with E-state index in [1.807, 2.05) is 11.8 Å². The van der Waals surface area contributed by atoms with Crippen molar-refractivity contribution in [2.24, 2.45) is 23.5 Å². The van der Waals surface area contributed by atoms with Crippen molar-refractivity contribution in [1.29, 1.82) is 0 Å². The normalized spacial score (nSPS) is 33.4. The van der Waals surface area contributed by atoms with Gasteiger partial charge in [-0.3, -0.25) is 4.79 Å². The van der Waals surface area contributed by atoms with Crippen molar-refractivity contribution in [3.63, 3.8) is 0 Å². The molecule has 1 saturated heterocycles. The van der Waals surface area contributed by atoms with Gasteiger partial charge in [-0.2, -0.15) is 0 Å². The van der Waals surface area contributed by atoms with Gasteiger partial charge in [0.05, 0.1) is 6.10 Å². The van der Waals surface area contributed by atoms with Crippen molar-refractivity contribution >= 4 is 5.91 Å². The molecule has 110 valence electrons. The van der Waals surface area contributed by atoms with E-state index in [1.165, 1.54) is 12.8 Å². The third kappa shape index (κ3) is 3.93. The van der Waals surface area contributed by atoms with Gasteiger partial charge in [0.15, 0.2) is 0 Å². The van der Waals surface area contributed by atoms with Crippen LogP contribution in [-0.4, -0.2) is 41.7 Å². The second-order valence-corrected chi connectivity index (χ2v) is 6.46. The predicted octanol–water partition coefficient (Wildman–Crippen LogP) is 1.37. The summed E-state index contributed by atoms with van der Waals surface area (Å²) in [4.78, 5) is 14.2. The van der Waals surface area contributed by atoms with Crippen molar-refractivity contribution in [1.82, 2.24) is 4.90 Å². The average molecular weight is 268 g/mol. The molecule has 2 atom stereocenters. The number of aliphatic hydroxyl groups excluding tert-OH is 1. The van der Waals surface area contributed by atoms with Crippen LogP contribution >= 0.6 is 0 Å². The summed E-state index contributed by atoms with van der Waals surface area (Å²) in [5, 5.41) is 9.58. The maximum Gasteiger partial charge on any atom is 0.222 e. The molecule has 1 heterocycles. The number of likely N-dealkylation sites (tertiary alicyclic amines) is 1. The van der Waals surface area contributed by atoms with Crippen LogP contribution in [0.15, 0.2) is 0 Å². The lowest BCUT2D eigenvalue weighted by Gasteiger charge is -2.28. The highest BCUT2D eigenvalue weighted by molar-refractivity contribution is 5.76. The zero-order chi connectivity index (χ0) is 13.8. The first kappa shape index (κ1) is 14.8. The average Bonchev–Trinajstić information content (AvgIpc) is 2.89. The molecule has 1 saturated carbocycles. The van der Waals surface area contributed by atoms with Gasteiger partial charge in [-0.1, -0.05) is 0 Å². The Morgan fingerprint density at radius 1 is 1.26 bits per heavy atom. The molecule has 0 spiro atoms. The Bertz CT molecular complexity index is 299. The molecule has 2 aliphatic rings. The Kier molecular flexibility index (Phi) is 5.22. The van der Waals surface area contributed by atoms with E-state index in [2.05, 4.69) is 0 Å². The van der Waals surface area contributed by atoms with E-state index in [-0.39, 0.29) is 12.0 Å². The summed E-state index contributed by atoms with van der Waals surface area (Å²) in [6, 6.07) is 0. The van der Waals surface area contributed by atoms with Gasteiger partial charge in [0.1, 0.15) is 0 Å². The number of amides is 1. The van der Waals surface area contributed by atoms with Gasteiger partial charge in [0.2, 0.25) is 5.91 Å². The van der Waals surface area contributed by atoms with Crippen LogP contribution in [0.1, 0.15) is 45.4 Å². The van der Waals surface area contributed by atoms with Crippen LogP contribution < -0.4 is 5.73 Å². The Balaban J connectivity index is 1.73. The molecule has 3 N–H and O–H groups in total. The minimum atomic E-state index is -0.294. The fourth-order valence-electron chi connectivity index (χ4n) is 3.45. The molecule has 1 amide bonds. The summed E-state index contributed by atoms with van der Waals surface area (Å²) in [6.45, 7) is 4.19. The maximum atomic E-state index is 12.3. The SMILES string of the molecule is CC(O)C1CCN(C(=O)CC2CCC(CN)CC2)C1. The number of carbonyl (C=O) groups is 1. The molecular formula is C15H28N2O2. The van der Waals surface area contributed by atoms with E-state index in [4.69, 9.17) is 5.73 Å². The third-order valence-electron chi connectivity index (χ3n) is 5.02. The minimum Gasteiger partial charge on any atom is -0.393 e. The largest absolute Gasteiger partial charge is 0.393 e. The molecule has 0 aromatic heterocycles. The quantitative estimate of drug-likeness (QED) is 0.809. The molecule has 19 heavy (non-hydrogen) atoms. The van der Waals surface area contributed by atoms with E-state index in [1.54, 1.807) is 0 Å². The Hall–Kier alpha value is -0.610. The highest BCUT2D eigenvalue weighted by atomic mass is 16.3. The van der Waals surface area contributed by atoms with E-state index >= 15 is 0 Å². The molecule has 2 fully saturated rings. The van der Waals surface area contributed by atoms with Crippen molar-refractivity contribution in [3.8, 4) is 0 Å². The molecular weight excluding hydrogens is 240 g/mol. The van der Waals surface area contributed by atoms with Crippen LogP contribution in [0, 0.1) is 17.8 Å². The van der Waals surface area contributed by atoms with Gasteiger partial charge < -0.3 is 15.7 Å². The van der Waals surface area contributed by atoms with Crippen LogP contribution in [0.25, 0.3) is 0 Å². The summed E-state index contributed by atoms with van der Waals surface area (Å²) < 4.78 is 0. The zero-order valence-electron chi connectivity index (χ0n) is 12.1. The molecule has 2 rings (SSSR count). The monoisotopic (exact) mass is 268 g/mol. The first-order chi connectivity index (χ1) is 9.10. The summed E-state index contributed by atoms with van der Waals surface area (Å²) in [7, 11) is 0. The van der Waals surface area contributed by atoms with Crippen LogP contribution in [0.2, 0.25) is 0 Å². The summed E-state index contributed by atoms with van der Waals surface area (Å²) >= 11 is 0.